The molecule has 0 aliphatic heterocycles. The topological polar surface area (TPSA) is 60.7 Å². The van der Waals surface area contributed by atoms with Crippen molar-refractivity contribution < 1.29 is 15.3 Å². The molecule has 3 nitrogen and oxygen atoms in total. The number of hydrogen-bond donors (Lipinski definition) is 3. The molecule has 3 aliphatic rings. The van der Waals surface area contributed by atoms with Crippen molar-refractivity contribution in [2.45, 2.75) is 103 Å². The van der Waals surface area contributed by atoms with Gasteiger partial charge in [0.25, 0.3) is 0 Å². The molecule has 0 spiro atoms. The zero-order valence-electron chi connectivity index (χ0n) is 21.3. The summed E-state index contributed by atoms with van der Waals surface area (Å²) >= 11 is 0. The number of allylic oxidation sites excluding steroid dienone is 6. The Kier molecular flexibility index (Phi) is 8.64. The number of rotatable bonds is 7. The van der Waals surface area contributed by atoms with Crippen LogP contribution in [-0.2, 0) is 0 Å². The van der Waals surface area contributed by atoms with Crippen LogP contribution in [0.2, 0.25) is 0 Å². The third kappa shape index (κ3) is 5.81. The smallest absolute Gasteiger partial charge is 0.0825 e. The number of aliphatic hydroxyl groups is 3. The van der Waals surface area contributed by atoms with E-state index in [1.165, 1.54) is 31.3 Å². The van der Waals surface area contributed by atoms with Crippen LogP contribution in [0.3, 0.4) is 0 Å². The number of aliphatic hydroxyl groups excluding tert-OH is 2. The van der Waals surface area contributed by atoms with E-state index in [9.17, 15) is 15.3 Å². The second-order valence-electron chi connectivity index (χ2n) is 11.1. The van der Waals surface area contributed by atoms with Gasteiger partial charge < -0.3 is 15.3 Å². The average Bonchev–Trinajstić information content (AvgIpc) is 3.15. The molecule has 3 fully saturated rings. The van der Waals surface area contributed by atoms with Gasteiger partial charge in [-0.1, -0.05) is 76.3 Å². The molecule has 0 saturated heterocycles. The Morgan fingerprint density at radius 2 is 1.88 bits per heavy atom. The molecule has 6 atom stereocenters. The van der Waals surface area contributed by atoms with Crippen LogP contribution in [0, 0.1) is 23.2 Å². The van der Waals surface area contributed by atoms with E-state index in [1.54, 1.807) is 0 Å². The molecular weight excluding hydrogens is 408 g/mol. The molecule has 0 radical (unpaired) electrons. The highest BCUT2D eigenvalue weighted by molar-refractivity contribution is 5.38. The Bertz CT molecular complexity index is 812. The molecule has 3 rings (SSSR count). The van der Waals surface area contributed by atoms with Crippen molar-refractivity contribution in [3.05, 3.63) is 59.8 Å². The highest BCUT2D eigenvalue weighted by atomic mass is 16.3. The monoisotopic (exact) mass is 454 g/mol. The lowest BCUT2D eigenvalue weighted by molar-refractivity contribution is 0.0827. The molecule has 3 N–H and O–H groups in total. The zero-order chi connectivity index (χ0) is 24.2. The van der Waals surface area contributed by atoms with E-state index in [2.05, 4.69) is 44.7 Å². The molecule has 184 valence electrons. The van der Waals surface area contributed by atoms with Crippen molar-refractivity contribution >= 4 is 0 Å². The first-order valence-corrected chi connectivity index (χ1v) is 13.2. The molecule has 3 heteroatoms. The minimum Gasteiger partial charge on any atom is -0.393 e. The second-order valence-corrected chi connectivity index (χ2v) is 11.1. The Morgan fingerprint density at radius 3 is 2.58 bits per heavy atom. The molecule has 0 aromatic heterocycles. The van der Waals surface area contributed by atoms with Crippen LogP contribution in [0.4, 0.5) is 0 Å². The summed E-state index contributed by atoms with van der Waals surface area (Å²) in [7, 11) is 0. The van der Waals surface area contributed by atoms with Crippen molar-refractivity contribution in [1.82, 2.24) is 0 Å². The number of hydrogen-bond acceptors (Lipinski definition) is 3. The summed E-state index contributed by atoms with van der Waals surface area (Å²) in [5.41, 5.74) is 2.92. The van der Waals surface area contributed by atoms with E-state index in [-0.39, 0.29) is 0 Å². The van der Waals surface area contributed by atoms with Crippen LogP contribution in [0.1, 0.15) is 85.5 Å². The minimum atomic E-state index is -0.689. The lowest BCUT2D eigenvalue weighted by Crippen LogP contribution is -2.35. The van der Waals surface area contributed by atoms with Gasteiger partial charge in [-0.25, -0.2) is 0 Å². The van der Waals surface area contributed by atoms with Crippen molar-refractivity contribution in [1.29, 1.82) is 0 Å². The van der Waals surface area contributed by atoms with E-state index >= 15 is 0 Å². The predicted octanol–water partition coefficient (Wildman–Crippen LogP) is 6.43. The highest BCUT2D eigenvalue weighted by Gasteiger charge is 2.50. The highest BCUT2D eigenvalue weighted by Crippen LogP contribution is 2.59. The van der Waals surface area contributed by atoms with Crippen molar-refractivity contribution in [3.63, 3.8) is 0 Å². The van der Waals surface area contributed by atoms with Crippen LogP contribution in [0.25, 0.3) is 0 Å². The van der Waals surface area contributed by atoms with Crippen LogP contribution in [-0.4, -0.2) is 33.1 Å². The maximum atomic E-state index is 10.5. The van der Waals surface area contributed by atoms with Crippen LogP contribution < -0.4 is 0 Å². The molecule has 0 unspecified atom stereocenters. The van der Waals surface area contributed by atoms with Gasteiger partial charge in [-0.2, -0.15) is 0 Å². The Hall–Kier alpha value is -1.42. The van der Waals surface area contributed by atoms with Crippen molar-refractivity contribution in [3.8, 4) is 0 Å². The van der Waals surface area contributed by atoms with Gasteiger partial charge in [-0.3, -0.25) is 0 Å². The molecular formula is C30H46O3. The molecule has 33 heavy (non-hydrogen) atoms. The average molecular weight is 455 g/mol. The van der Waals surface area contributed by atoms with Gasteiger partial charge in [0.1, 0.15) is 0 Å². The third-order valence-electron chi connectivity index (χ3n) is 9.09. The fourth-order valence-electron chi connectivity index (χ4n) is 6.70. The van der Waals surface area contributed by atoms with E-state index in [4.69, 9.17) is 0 Å². The summed E-state index contributed by atoms with van der Waals surface area (Å²) in [5, 5.41) is 30.7. The number of fused-ring (bicyclic) bond motifs is 1. The minimum absolute atomic E-state index is 0.312. The quantitative estimate of drug-likeness (QED) is 0.389. The standard InChI is InChI=1S/C30H46O3/c1-6-30(33,7-2)18-9-8-11-21(3)26-15-16-27-23(12-10-17-29(26,27)5)13-14-24-19-25(31)20-28(32)22(24)4/h8-9,11,13-14,18,21,25-28,31-33H,4,6-7,10,12,15-17,19-20H2,1-3,5H3/b11-8+,18-9+,23-13+,24-14-/t21-,25-,26-,27+,28+,29-/m1/s1. The van der Waals surface area contributed by atoms with Gasteiger partial charge in [0.15, 0.2) is 0 Å². The summed E-state index contributed by atoms with van der Waals surface area (Å²) in [6, 6.07) is 0. The molecule has 0 bridgehead atoms. The summed E-state index contributed by atoms with van der Waals surface area (Å²) in [6.45, 7) is 13.0. The van der Waals surface area contributed by atoms with Crippen molar-refractivity contribution in [2.24, 2.45) is 23.2 Å². The first-order valence-electron chi connectivity index (χ1n) is 13.2. The molecule has 0 amide bonds. The molecule has 3 saturated carbocycles. The first-order chi connectivity index (χ1) is 15.6. The van der Waals surface area contributed by atoms with Crippen molar-refractivity contribution in [2.75, 3.05) is 0 Å². The molecule has 3 aliphatic carbocycles. The van der Waals surface area contributed by atoms with Crippen LogP contribution in [0.15, 0.2) is 59.8 Å². The Morgan fingerprint density at radius 1 is 1.15 bits per heavy atom. The Balaban J connectivity index is 1.72. The lowest BCUT2D eigenvalue weighted by Gasteiger charge is -2.44. The van der Waals surface area contributed by atoms with E-state index in [0.717, 1.165) is 30.4 Å². The summed E-state index contributed by atoms with van der Waals surface area (Å²) in [5.74, 6) is 1.77. The predicted molar refractivity (Wildman–Crippen MR) is 138 cm³/mol. The summed E-state index contributed by atoms with van der Waals surface area (Å²) in [4.78, 5) is 0. The van der Waals surface area contributed by atoms with E-state index in [1.807, 2.05) is 26.0 Å². The van der Waals surface area contributed by atoms with Gasteiger partial charge in [0.2, 0.25) is 0 Å². The first kappa shape index (κ1) is 26.2. The third-order valence-corrected chi connectivity index (χ3v) is 9.09. The van der Waals surface area contributed by atoms with Gasteiger partial charge in [0, 0.05) is 6.42 Å². The second kappa shape index (κ2) is 10.9. The van der Waals surface area contributed by atoms with Gasteiger partial charge >= 0.3 is 0 Å². The summed E-state index contributed by atoms with van der Waals surface area (Å²) < 4.78 is 0. The zero-order valence-corrected chi connectivity index (χ0v) is 21.3. The van der Waals surface area contributed by atoms with Gasteiger partial charge in [-0.15, -0.1) is 0 Å². The van der Waals surface area contributed by atoms with Gasteiger partial charge in [-0.05, 0) is 85.7 Å². The van der Waals surface area contributed by atoms with Crippen LogP contribution >= 0.6 is 0 Å². The SMILES string of the molecule is C=C1/C(=C\C=C2/CCC[C@]3(C)[C@@H]([C@H](C)/C=C/C=C/C(O)(CC)CC)CC[C@@H]23)C[C@@H](O)C[C@@H]1O. The molecule has 0 aromatic rings. The van der Waals surface area contributed by atoms with E-state index in [0.29, 0.717) is 36.0 Å². The fourth-order valence-corrected chi connectivity index (χ4v) is 6.70. The van der Waals surface area contributed by atoms with Crippen LogP contribution in [0.5, 0.6) is 0 Å². The van der Waals surface area contributed by atoms with E-state index < -0.39 is 17.8 Å². The van der Waals surface area contributed by atoms with Gasteiger partial charge in [0.05, 0.1) is 17.8 Å². The molecule has 0 aromatic carbocycles. The fraction of sp³-hybridized carbons (Fsp3) is 0.667. The molecule has 0 heterocycles. The maximum absolute atomic E-state index is 10.5. The Labute approximate surface area is 201 Å². The normalized spacial score (nSPS) is 36.9. The largest absolute Gasteiger partial charge is 0.393 e. The lowest BCUT2D eigenvalue weighted by atomic mass is 9.61. The summed E-state index contributed by atoms with van der Waals surface area (Å²) in [6.07, 6.45) is 20.3. The maximum Gasteiger partial charge on any atom is 0.0825 e.